The van der Waals surface area contributed by atoms with Crippen molar-refractivity contribution in [3.05, 3.63) is 89.6 Å². The maximum absolute atomic E-state index is 12.2. The number of hydrogen-bond acceptors (Lipinski definition) is 8. The SMILES string of the molecule is CN1CCN(c2ccc(Nc3ncc4cnn(-c5cccc(-n6ccccc6=O)n5)c4n3)cc2)CC1. The van der Waals surface area contributed by atoms with Crippen LogP contribution in [0.15, 0.2) is 84.0 Å². The lowest BCUT2D eigenvalue weighted by Crippen LogP contribution is -2.44. The van der Waals surface area contributed by atoms with Crippen LogP contribution in [0, 0.1) is 0 Å². The van der Waals surface area contributed by atoms with Crippen LogP contribution in [0.25, 0.3) is 22.7 Å². The van der Waals surface area contributed by atoms with Crippen molar-refractivity contribution >= 4 is 28.4 Å². The maximum Gasteiger partial charge on any atom is 0.256 e. The molecule has 0 saturated carbocycles. The molecule has 5 aromatic rings. The second-order valence-electron chi connectivity index (χ2n) is 8.75. The van der Waals surface area contributed by atoms with Gasteiger partial charge in [-0.2, -0.15) is 14.8 Å². The molecule has 1 aliphatic rings. The van der Waals surface area contributed by atoms with Crippen molar-refractivity contribution in [2.45, 2.75) is 0 Å². The minimum absolute atomic E-state index is 0.153. The molecular formula is C26H25N9O. The zero-order valence-electron chi connectivity index (χ0n) is 19.8. The second kappa shape index (κ2) is 9.23. The Morgan fingerprint density at radius 3 is 2.44 bits per heavy atom. The first kappa shape index (κ1) is 21.9. The van der Waals surface area contributed by atoms with Crippen molar-refractivity contribution in [2.24, 2.45) is 0 Å². The molecule has 0 bridgehead atoms. The number of hydrogen-bond donors (Lipinski definition) is 1. The molecule has 1 N–H and O–H groups in total. The van der Waals surface area contributed by atoms with E-state index in [0.717, 1.165) is 37.3 Å². The van der Waals surface area contributed by atoms with Crippen molar-refractivity contribution in [3.8, 4) is 11.6 Å². The van der Waals surface area contributed by atoms with Crippen LogP contribution in [0.1, 0.15) is 0 Å². The predicted octanol–water partition coefficient (Wildman–Crippen LogP) is 2.86. The Balaban J connectivity index is 1.26. The number of benzene rings is 1. The number of pyridine rings is 2. The standard InChI is InChI=1S/C26H25N9O/c1-32-13-15-33(16-14-32)21-10-8-20(9-11-21)29-26-27-17-19-18-28-35(25(19)31-26)23-6-4-5-22(30-23)34-12-3-2-7-24(34)36/h2-12,17-18H,13-16H2,1H3,(H,27,29,31). The van der Waals surface area contributed by atoms with Crippen molar-refractivity contribution in [1.29, 1.82) is 0 Å². The van der Waals surface area contributed by atoms with Gasteiger partial charge in [0.1, 0.15) is 5.82 Å². The van der Waals surface area contributed by atoms with Crippen LogP contribution in [-0.4, -0.2) is 67.4 Å². The van der Waals surface area contributed by atoms with Crippen LogP contribution in [0.5, 0.6) is 0 Å². The highest BCUT2D eigenvalue weighted by Gasteiger charge is 2.15. The Labute approximate surface area is 207 Å². The molecule has 0 aliphatic carbocycles. The summed E-state index contributed by atoms with van der Waals surface area (Å²) in [7, 11) is 2.16. The van der Waals surface area contributed by atoms with Crippen LogP contribution >= 0.6 is 0 Å². The number of fused-ring (bicyclic) bond motifs is 1. The quantitative estimate of drug-likeness (QED) is 0.411. The van der Waals surface area contributed by atoms with E-state index >= 15 is 0 Å². The van der Waals surface area contributed by atoms with E-state index in [2.05, 4.69) is 49.4 Å². The molecule has 1 aromatic carbocycles. The topological polar surface area (TPSA) is 97.0 Å². The van der Waals surface area contributed by atoms with E-state index in [1.54, 1.807) is 41.5 Å². The van der Waals surface area contributed by atoms with Gasteiger partial charge in [0, 0.05) is 56.0 Å². The van der Waals surface area contributed by atoms with Crippen LogP contribution in [-0.2, 0) is 0 Å². The molecule has 10 nitrogen and oxygen atoms in total. The zero-order valence-corrected chi connectivity index (χ0v) is 19.8. The monoisotopic (exact) mass is 479 g/mol. The van der Waals surface area contributed by atoms with E-state index in [9.17, 15) is 4.79 Å². The summed E-state index contributed by atoms with van der Waals surface area (Å²) < 4.78 is 3.14. The van der Waals surface area contributed by atoms with Crippen molar-refractivity contribution in [1.82, 2.24) is 34.2 Å². The van der Waals surface area contributed by atoms with Crippen LogP contribution in [0.2, 0.25) is 0 Å². The first-order chi connectivity index (χ1) is 17.6. The van der Waals surface area contributed by atoms with E-state index in [1.807, 2.05) is 24.3 Å². The predicted molar refractivity (Wildman–Crippen MR) is 139 cm³/mol. The van der Waals surface area contributed by atoms with Crippen LogP contribution in [0.3, 0.4) is 0 Å². The van der Waals surface area contributed by atoms with Gasteiger partial charge in [-0.05, 0) is 49.5 Å². The van der Waals surface area contributed by atoms with E-state index in [1.165, 1.54) is 16.3 Å². The minimum atomic E-state index is -0.153. The third-order valence-corrected chi connectivity index (χ3v) is 6.31. The lowest BCUT2D eigenvalue weighted by atomic mass is 10.2. The van der Waals surface area contributed by atoms with Crippen LogP contribution < -0.4 is 15.8 Å². The lowest BCUT2D eigenvalue weighted by Gasteiger charge is -2.34. The lowest BCUT2D eigenvalue weighted by molar-refractivity contribution is 0.313. The summed E-state index contributed by atoms with van der Waals surface area (Å²) in [5, 5.41) is 8.54. The third kappa shape index (κ3) is 4.29. The largest absolute Gasteiger partial charge is 0.369 e. The van der Waals surface area contributed by atoms with Crippen LogP contribution in [0.4, 0.5) is 17.3 Å². The molecule has 5 heterocycles. The Hall–Kier alpha value is -4.57. The van der Waals surface area contributed by atoms with Gasteiger partial charge in [-0.1, -0.05) is 12.1 Å². The van der Waals surface area contributed by atoms with Crippen molar-refractivity contribution in [2.75, 3.05) is 43.4 Å². The smallest absolute Gasteiger partial charge is 0.256 e. The molecule has 0 unspecified atom stereocenters. The number of nitrogens with zero attached hydrogens (tertiary/aromatic N) is 8. The van der Waals surface area contributed by atoms with Gasteiger partial charge in [-0.25, -0.2) is 9.97 Å². The van der Waals surface area contributed by atoms with Gasteiger partial charge >= 0.3 is 0 Å². The van der Waals surface area contributed by atoms with Gasteiger partial charge in [0.15, 0.2) is 11.5 Å². The van der Waals surface area contributed by atoms with E-state index in [4.69, 9.17) is 4.98 Å². The first-order valence-electron chi connectivity index (χ1n) is 11.8. The fourth-order valence-electron chi connectivity index (χ4n) is 4.28. The maximum atomic E-state index is 12.2. The number of piperazine rings is 1. The molecule has 0 atom stereocenters. The molecule has 1 fully saturated rings. The number of anilines is 3. The average molecular weight is 480 g/mol. The summed E-state index contributed by atoms with van der Waals surface area (Å²) >= 11 is 0. The molecule has 180 valence electrons. The highest BCUT2D eigenvalue weighted by atomic mass is 16.1. The Bertz CT molecular complexity index is 1570. The van der Waals surface area contributed by atoms with E-state index < -0.39 is 0 Å². The summed E-state index contributed by atoms with van der Waals surface area (Å²) in [5.41, 5.74) is 2.58. The van der Waals surface area contributed by atoms with Gasteiger partial charge in [0.2, 0.25) is 5.95 Å². The Morgan fingerprint density at radius 2 is 1.64 bits per heavy atom. The molecule has 0 spiro atoms. The summed E-state index contributed by atoms with van der Waals surface area (Å²) in [6.07, 6.45) is 5.13. The average Bonchev–Trinajstić information content (AvgIpc) is 3.33. The molecule has 36 heavy (non-hydrogen) atoms. The molecule has 6 rings (SSSR count). The van der Waals surface area contributed by atoms with Gasteiger partial charge in [0.25, 0.3) is 5.56 Å². The summed E-state index contributed by atoms with van der Waals surface area (Å²) in [5.74, 6) is 1.53. The molecule has 1 saturated heterocycles. The molecular weight excluding hydrogens is 454 g/mol. The van der Waals surface area contributed by atoms with Crippen molar-refractivity contribution < 1.29 is 0 Å². The molecule has 0 amide bonds. The van der Waals surface area contributed by atoms with Gasteiger partial charge in [-0.15, -0.1) is 0 Å². The second-order valence-corrected chi connectivity index (χ2v) is 8.75. The first-order valence-corrected chi connectivity index (χ1v) is 11.8. The zero-order chi connectivity index (χ0) is 24.5. The normalized spacial score (nSPS) is 14.3. The minimum Gasteiger partial charge on any atom is -0.369 e. The molecule has 10 heteroatoms. The van der Waals surface area contributed by atoms with Gasteiger partial charge in [0.05, 0.1) is 11.6 Å². The van der Waals surface area contributed by atoms with Gasteiger partial charge in [-0.3, -0.25) is 9.36 Å². The summed E-state index contributed by atoms with van der Waals surface area (Å²) in [4.78, 5) is 30.8. The summed E-state index contributed by atoms with van der Waals surface area (Å²) in [6.45, 7) is 4.20. The number of likely N-dealkylation sites (N-methyl/N-ethyl adjacent to an activating group) is 1. The Kier molecular flexibility index (Phi) is 5.62. The fourth-order valence-corrected chi connectivity index (χ4v) is 4.28. The van der Waals surface area contributed by atoms with Crippen molar-refractivity contribution in [3.63, 3.8) is 0 Å². The number of nitrogens with one attached hydrogen (secondary N) is 1. The number of aromatic nitrogens is 6. The molecule has 4 aromatic heterocycles. The Morgan fingerprint density at radius 1 is 0.833 bits per heavy atom. The molecule has 0 radical (unpaired) electrons. The molecule has 1 aliphatic heterocycles. The fraction of sp³-hybridized carbons (Fsp3) is 0.192. The summed E-state index contributed by atoms with van der Waals surface area (Å²) in [6, 6.07) is 18.8. The van der Waals surface area contributed by atoms with E-state index in [0.29, 0.717) is 23.2 Å². The highest BCUT2D eigenvalue weighted by Crippen LogP contribution is 2.22. The van der Waals surface area contributed by atoms with E-state index in [-0.39, 0.29) is 5.56 Å². The number of rotatable bonds is 5. The third-order valence-electron chi connectivity index (χ3n) is 6.31. The highest BCUT2D eigenvalue weighted by molar-refractivity contribution is 5.76. The van der Waals surface area contributed by atoms with Gasteiger partial charge < -0.3 is 15.1 Å².